The number of rotatable bonds is 1. The van der Waals surface area contributed by atoms with E-state index in [-0.39, 0.29) is 10.8 Å². The van der Waals surface area contributed by atoms with Gasteiger partial charge in [0, 0.05) is 30.2 Å². The van der Waals surface area contributed by atoms with Crippen LogP contribution < -0.4 is 0 Å². The van der Waals surface area contributed by atoms with Gasteiger partial charge in [-0.3, -0.25) is 9.98 Å². The number of nitrogens with zero attached hydrogens (tertiary/aromatic N) is 2. The molecule has 0 fully saturated rings. The SMILES string of the molecule is CC.CC1=CC=CC(C)(C2(C)C=NC=CN=C2)C=C1. The smallest absolute Gasteiger partial charge is 0.0503 e. The van der Waals surface area contributed by atoms with Crippen molar-refractivity contribution in [3.63, 3.8) is 0 Å². The first kappa shape index (κ1) is 15.4. The van der Waals surface area contributed by atoms with Gasteiger partial charge in [-0.15, -0.1) is 0 Å². The molecule has 0 saturated heterocycles. The third-order valence-electron chi connectivity index (χ3n) is 3.58. The van der Waals surface area contributed by atoms with Crippen LogP contribution in [0.15, 0.2) is 58.3 Å². The van der Waals surface area contributed by atoms with Gasteiger partial charge >= 0.3 is 0 Å². The molecule has 19 heavy (non-hydrogen) atoms. The lowest BCUT2D eigenvalue weighted by atomic mass is 9.66. The topological polar surface area (TPSA) is 24.7 Å². The Labute approximate surface area is 117 Å². The first-order valence-corrected chi connectivity index (χ1v) is 6.85. The van der Waals surface area contributed by atoms with E-state index in [9.17, 15) is 0 Å². The van der Waals surface area contributed by atoms with Crippen LogP contribution in [0.5, 0.6) is 0 Å². The Morgan fingerprint density at radius 2 is 1.47 bits per heavy atom. The fourth-order valence-electron chi connectivity index (χ4n) is 1.96. The van der Waals surface area contributed by atoms with Crippen LogP contribution in [0.2, 0.25) is 0 Å². The summed E-state index contributed by atoms with van der Waals surface area (Å²) in [7, 11) is 0. The molecule has 0 N–H and O–H groups in total. The van der Waals surface area contributed by atoms with E-state index in [2.05, 4.69) is 61.1 Å². The number of hydrogen-bond donors (Lipinski definition) is 0. The summed E-state index contributed by atoms with van der Waals surface area (Å²) in [5, 5.41) is 0. The van der Waals surface area contributed by atoms with Crippen molar-refractivity contribution in [2.75, 3.05) is 0 Å². The number of hydrogen-bond acceptors (Lipinski definition) is 2. The predicted octanol–water partition coefficient (Wildman–Crippen LogP) is 4.72. The minimum atomic E-state index is -0.206. The van der Waals surface area contributed by atoms with Gasteiger partial charge in [0.2, 0.25) is 0 Å². The second-order valence-corrected chi connectivity index (χ2v) is 5.02. The summed E-state index contributed by atoms with van der Waals surface area (Å²) >= 11 is 0. The minimum Gasteiger partial charge on any atom is -0.266 e. The van der Waals surface area contributed by atoms with Crippen LogP contribution in [0.25, 0.3) is 0 Å². The molecule has 0 aromatic heterocycles. The summed E-state index contributed by atoms with van der Waals surface area (Å²) in [4.78, 5) is 8.56. The molecule has 1 aliphatic carbocycles. The standard InChI is InChI=1S/C15H18N2.C2H6/c1-13-5-4-7-14(2,8-6-13)15(3)11-16-9-10-17-12-15;1-2/h4-12H,1-3H3;1-2H3. The number of allylic oxidation sites excluding steroid dienone is 6. The van der Waals surface area contributed by atoms with Crippen LogP contribution in [0.3, 0.4) is 0 Å². The van der Waals surface area contributed by atoms with Crippen LogP contribution in [-0.4, -0.2) is 12.4 Å². The Bertz CT molecular complexity index is 459. The van der Waals surface area contributed by atoms with Gasteiger partial charge in [-0.05, 0) is 13.8 Å². The van der Waals surface area contributed by atoms with Gasteiger partial charge < -0.3 is 0 Å². The molecule has 2 aliphatic rings. The van der Waals surface area contributed by atoms with E-state index in [1.54, 1.807) is 12.4 Å². The highest BCUT2D eigenvalue weighted by Crippen LogP contribution is 2.41. The van der Waals surface area contributed by atoms with E-state index >= 15 is 0 Å². The molecule has 0 spiro atoms. The van der Waals surface area contributed by atoms with E-state index < -0.39 is 0 Å². The van der Waals surface area contributed by atoms with Crippen molar-refractivity contribution in [2.24, 2.45) is 20.8 Å². The lowest BCUT2D eigenvalue weighted by Gasteiger charge is -2.36. The zero-order chi connectivity index (χ0) is 14.4. The summed E-state index contributed by atoms with van der Waals surface area (Å²) < 4.78 is 0. The zero-order valence-corrected chi connectivity index (χ0v) is 12.6. The van der Waals surface area contributed by atoms with Crippen LogP contribution >= 0.6 is 0 Å². The Morgan fingerprint density at radius 1 is 0.895 bits per heavy atom. The first-order chi connectivity index (χ1) is 9.06. The summed E-state index contributed by atoms with van der Waals surface area (Å²) in [5.74, 6) is 0. The van der Waals surface area contributed by atoms with Gasteiger partial charge in [0.1, 0.15) is 0 Å². The lowest BCUT2D eigenvalue weighted by Crippen LogP contribution is -2.37. The van der Waals surface area contributed by atoms with E-state index in [1.807, 2.05) is 26.3 Å². The number of aliphatic imine (C=N–C) groups is 2. The highest BCUT2D eigenvalue weighted by Gasteiger charge is 2.39. The molecule has 0 amide bonds. The maximum Gasteiger partial charge on any atom is 0.0503 e. The van der Waals surface area contributed by atoms with Crippen LogP contribution in [0.1, 0.15) is 34.6 Å². The Balaban J connectivity index is 0.000000861. The van der Waals surface area contributed by atoms with Crippen molar-refractivity contribution < 1.29 is 0 Å². The van der Waals surface area contributed by atoms with Crippen molar-refractivity contribution >= 4 is 12.4 Å². The van der Waals surface area contributed by atoms with Crippen LogP contribution in [-0.2, 0) is 0 Å². The van der Waals surface area contributed by atoms with Gasteiger partial charge in [0.25, 0.3) is 0 Å². The molecule has 0 aromatic rings. The normalized spacial score (nSPS) is 27.1. The fraction of sp³-hybridized carbons (Fsp3) is 0.412. The predicted molar refractivity (Wildman–Crippen MR) is 85.7 cm³/mol. The highest BCUT2D eigenvalue weighted by molar-refractivity contribution is 5.92. The summed E-state index contributed by atoms with van der Waals surface area (Å²) in [5.41, 5.74) is 0.941. The van der Waals surface area contributed by atoms with E-state index in [0.29, 0.717) is 0 Å². The molecule has 0 aromatic carbocycles. The Morgan fingerprint density at radius 3 is 2.05 bits per heavy atom. The minimum absolute atomic E-state index is 0.111. The molecule has 0 radical (unpaired) electrons. The van der Waals surface area contributed by atoms with Crippen molar-refractivity contribution in [3.05, 3.63) is 48.4 Å². The largest absolute Gasteiger partial charge is 0.266 e. The van der Waals surface area contributed by atoms with Crippen molar-refractivity contribution in [1.82, 2.24) is 0 Å². The van der Waals surface area contributed by atoms with Crippen molar-refractivity contribution in [2.45, 2.75) is 34.6 Å². The van der Waals surface area contributed by atoms with Gasteiger partial charge in [-0.1, -0.05) is 56.7 Å². The molecular formula is C17H24N2. The molecule has 1 unspecified atom stereocenters. The lowest BCUT2D eigenvalue weighted by molar-refractivity contribution is 0.387. The van der Waals surface area contributed by atoms with Gasteiger partial charge in [0.15, 0.2) is 0 Å². The Hall–Kier alpha value is -1.70. The fourth-order valence-corrected chi connectivity index (χ4v) is 1.96. The summed E-state index contributed by atoms with van der Waals surface area (Å²) in [6.07, 6.45) is 18.2. The van der Waals surface area contributed by atoms with Crippen molar-refractivity contribution in [3.8, 4) is 0 Å². The van der Waals surface area contributed by atoms with E-state index in [4.69, 9.17) is 0 Å². The summed E-state index contributed by atoms with van der Waals surface area (Å²) in [6, 6.07) is 0. The first-order valence-electron chi connectivity index (χ1n) is 6.85. The molecule has 2 nitrogen and oxygen atoms in total. The molecule has 1 atom stereocenters. The van der Waals surface area contributed by atoms with Gasteiger partial charge in [0.05, 0.1) is 5.41 Å². The van der Waals surface area contributed by atoms with Crippen LogP contribution in [0, 0.1) is 10.8 Å². The molecule has 1 aliphatic heterocycles. The third kappa shape index (κ3) is 3.40. The van der Waals surface area contributed by atoms with E-state index in [1.165, 1.54) is 5.57 Å². The molecule has 1 heterocycles. The highest BCUT2D eigenvalue weighted by atomic mass is 14.8. The monoisotopic (exact) mass is 256 g/mol. The maximum atomic E-state index is 4.28. The molecule has 2 rings (SSSR count). The average Bonchev–Trinajstić information content (AvgIpc) is 2.73. The molecule has 0 saturated carbocycles. The maximum absolute atomic E-state index is 4.28. The zero-order valence-electron chi connectivity index (χ0n) is 12.6. The van der Waals surface area contributed by atoms with Crippen molar-refractivity contribution in [1.29, 1.82) is 0 Å². The van der Waals surface area contributed by atoms with Crippen LogP contribution in [0.4, 0.5) is 0 Å². The van der Waals surface area contributed by atoms with Gasteiger partial charge in [-0.2, -0.15) is 0 Å². The second-order valence-electron chi connectivity index (χ2n) is 5.02. The molecule has 102 valence electrons. The summed E-state index contributed by atoms with van der Waals surface area (Å²) in [6.45, 7) is 10.5. The third-order valence-corrected chi connectivity index (χ3v) is 3.58. The Kier molecular flexibility index (Phi) is 5.22. The molecule has 2 heteroatoms. The quantitative estimate of drug-likeness (QED) is 0.648. The average molecular weight is 256 g/mol. The van der Waals surface area contributed by atoms with Gasteiger partial charge in [-0.25, -0.2) is 0 Å². The van der Waals surface area contributed by atoms with E-state index in [0.717, 1.165) is 0 Å². The molecule has 0 bridgehead atoms. The second kappa shape index (κ2) is 6.46. The molecular weight excluding hydrogens is 232 g/mol.